The van der Waals surface area contributed by atoms with Gasteiger partial charge in [0.15, 0.2) is 5.76 Å². The van der Waals surface area contributed by atoms with Crippen molar-refractivity contribution in [3.63, 3.8) is 0 Å². The van der Waals surface area contributed by atoms with E-state index in [-0.39, 0.29) is 40.1 Å². The van der Waals surface area contributed by atoms with Gasteiger partial charge in [0.2, 0.25) is 5.78 Å². The number of allylic oxidation sites excluding steroid dienone is 1. The van der Waals surface area contributed by atoms with Crippen molar-refractivity contribution in [1.82, 2.24) is 4.57 Å². The van der Waals surface area contributed by atoms with Gasteiger partial charge in [0.05, 0.1) is 13.7 Å². The van der Waals surface area contributed by atoms with Gasteiger partial charge in [-0.1, -0.05) is 0 Å². The minimum Gasteiger partial charge on any atom is -0.508 e. The average molecular weight is 435 g/mol. The summed E-state index contributed by atoms with van der Waals surface area (Å²) in [5.74, 6) is -2.07. The van der Waals surface area contributed by atoms with E-state index in [1.807, 2.05) is 0 Å². The van der Waals surface area contributed by atoms with Crippen LogP contribution in [0.25, 0.3) is 17.0 Å². The summed E-state index contributed by atoms with van der Waals surface area (Å²) in [6.45, 7) is -0.868. The number of nitrogens with zero attached hydrogens (tertiary/aromatic N) is 1. The Morgan fingerprint density at radius 1 is 1.19 bits per heavy atom. The lowest BCUT2D eigenvalue weighted by atomic mass is 10.1. The summed E-state index contributed by atoms with van der Waals surface area (Å²) >= 11 is 0. The number of ether oxygens (including phenoxy) is 2. The molecule has 3 aromatic rings. The maximum atomic E-state index is 14.0. The van der Waals surface area contributed by atoms with Crippen molar-refractivity contribution in [3.05, 3.63) is 52.9 Å². The highest BCUT2D eigenvalue weighted by atomic mass is 19.4. The Kier molecular flexibility index (Phi) is 4.81. The maximum Gasteiger partial charge on any atom is 0.432 e. The normalized spacial score (nSPS) is 14.9. The maximum absolute atomic E-state index is 14.0. The number of Topliss-reactive ketones (excluding diaryl/α,β-unsaturated/α-hetero) is 1. The number of hydrogen-bond acceptors (Lipinski definition) is 6. The van der Waals surface area contributed by atoms with Crippen molar-refractivity contribution in [2.75, 3.05) is 13.7 Å². The molecule has 2 aromatic carbocycles. The molecule has 1 aliphatic rings. The largest absolute Gasteiger partial charge is 0.508 e. The van der Waals surface area contributed by atoms with E-state index in [4.69, 9.17) is 9.47 Å². The van der Waals surface area contributed by atoms with Gasteiger partial charge in [-0.05, 0) is 24.3 Å². The Labute approximate surface area is 173 Å². The van der Waals surface area contributed by atoms with Crippen molar-refractivity contribution in [2.24, 2.45) is 0 Å². The van der Waals surface area contributed by atoms with Crippen LogP contribution in [0.2, 0.25) is 0 Å². The number of aromatic hydroxyl groups is 2. The van der Waals surface area contributed by atoms with Crippen molar-refractivity contribution in [1.29, 1.82) is 0 Å². The number of phenolic OH excluding ortho intramolecular Hbond substituents is 2. The zero-order chi connectivity index (χ0) is 22.5. The summed E-state index contributed by atoms with van der Waals surface area (Å²) in [5, 5.41) is 29.0. The van der Waals surface area contributed by atoms with Crippen LogP contribution in [0.1, 0.15) is 21.6 Å². The van der Waals surface area contributed by atoms with Crippen LogP contribution in [0.3, 0.4) is 0 Å². The first-order chi connectivity index (χ1) is 14.7. The van der Waals surface area contributed by atoms with Crippen LogP contribution in [0.4, 0.5) is 13.2 Å². The number of ketones is 1. The standard InChI is InChI=1S/C21H16F3NO6/c1-30-11-2-3-14-12(8-11)13(20(21(22,23)24)25(14)4-5-26)9-17-19(29)18-15(28)6-10(27)7-16(18)31-17/h2-3,6-9,26-28H,4-5H2,1H3/b17-9-. The fraction of sp³-hybridized carbons (Fsp3) is 0.190. The first-order valence-corrected chi connectivity index (χ1v) is 9.04. The van der Waals surface area contributed by atoms with Gasteiger partial charge in [-0.25, -0.2) is 0 Å². The van der Waals surface area contributed by atoms with Crippen molar-refractivity contribution < 1.29 is 42.8 Å². The van der Waals surface area contributed by atoms with Crippen LogP contribution >= 0.6 is 0 Å². The van der Waals surface area contributed by atoms with Gasteiger partial charge in [0.1, 0.15) is 34.3 Å². The minimum atomic E-state index is -4.82. The van der Waals surface area contributed by atoms with E-state index in [2.05, 4.69) is 0 Å². The van der Waals surface area contributed by atoms with E-state index < -0.39 is 35.8 Å². The predicted octanol–water partition coefficient (Wildman–Crippen LogP) is 3.69. The topological polar surface area (TPSA) is 101 Å². The summed E-state index contributed by atoms with van der Waals surface area (Å²) in [6.07, 6.45) is -3.87. The highest BCUT2D eigenvalue weighted by Gasteiger charge is 2.40. The third-order valence-electron chi connectivity index (χ3n) is 4.91. The van der Waals surface area contributed by atoms with Gasteiger partial charge in [-0.2, -0.15) is 13.2 Å². The van der Waals surface area contributed by atoms with Crippen molar-refractivity contribution in [2.45, 2.75) is 12.7 Å². The molecule has 0 radical (unpaired) electrons. The molecule has 1 aromatic heterocycles. The minimum absolute atomic E-state index is 0.132. The number of phenols is 2. The molecule has 10 heteroatoms. The number of aliphatic hydroxyl groups excluding tert-OH is 1. The second-order valence-electron chi connectivity index (χ2n) is 6.80. The zero-order valence-corrected chi connectivity index (χ0v) is 16.0. The molecule has 0 unspecified atom stereocenters. The third-order valence-corrected chi connectivity index (χ3v) is 4.91. The fourth-order valence-corrected chi connectivity index (χ4v) is 3.68. The Morgan fingerprint density at radius 3 is 2.58 bits per heavy atom. The second kappa shape index (κ2) is 7.24. The molecule has 1 aliphatic heterocycles. The first-order valence-electron chi connectivity index (χ1n) is 9.04. The van der Waals surface area contributed by atoms with Gasteiger partial charge in [0.25, 0.3) is 0 Å². The van der Waals surface area contributed by atoms with Crippen molar-refractivity contribution in [3.8, 4) is 23.0 Å². The molecule has 31 heavy (non-hydrogen) atoms. The molecule has 4 rings (SSSR count). The molecule has 0 saturated heterocycles. The van der Waals surface area contributed by atoms with Gasteiger partial charge in [0, 0.05) is 35.1 Å². The molecule has 162 valence electrons. The van der Waals surface area contributed by atoms with Gasteiger partial charge in [-0.3, -0.25) is 4.79 Å². The van der Waals surface area contributed by atoms with E-state index in [1.54, 1.807) is 0 Å². The molecule has 7 nitrogen and oxygen atoms in total. The Hall–Kier alpha value is -3.66. The number of aromatic nitrogens is 1. The highest BCUT2D eigenvalue weighted by molar-refractivity contribution is 6.17. The number of methoxy groups -OCH3 is 1. The second-order valence-corrected chi connectivity index (χ2v) is 6.80. The molecular formula is C21H16F3NO6. The summed E-state index contributed by atoms with van der Waals surface area (Å²) in [6, 6.07) is 6.32. The van der Waals surface area contributed by atoms with Crippen LogP contribution in [0, 0.1) is 0 Å². The average Bonchev–Trinajstić information content (AvgIpc) is 3.16. The lowest BCUT2D eigenvalue weighted by Gasteiger charge is -2.13. The van der Waals surface area contributed by atoms with Crippen molar-refractivity contribution >= 4 is 22.8 Å². The molecule has 0 spiro atoms. The van der Waals surface area contributed by atoms with Crippen LogP contribution in [0.5, 0.6) is 23.0 Å². The number of carbonyl (C=O) groups is 1. The Morgan fingerprint density at radius 2 is 1.94 bits per heavy atom. The van der Waals surface area contributed by atoms with E-state index in [0.717, 1.165) is 22.8 Å². The molecule has 0 amide bonds. The fourth-order valence-electron chi connectivity index (χ4n) is 3.68. The summed E-state index contributed by atoms with van der Waals surface area (Å²) in [7, 11) is 1.37. The molecule has 0 atom stereocenters. The highest BCUT2D eigenvalue weighted by Crippen LogP contribution is 2.44. The zero-order valence-electron chi connectivity index (χ0n) is 16.0. The lowest BCUT2D eigenvalue weighted by Crippen LogP contribution is -2.16. The van der Waals surface area contributed by atoms with E-state index >= 15 is 0 Å². The summed E-state index contributed by atoms with van der Waals surface area (Å²) < 4.78 is 53.5. The Bertz CT molecular complexity index is 1240. The number of carbonyl (C=O) groups excluding carboxylic acids is 1. The number of alkyl halides is 3. The lowest BCUT2D eigenvalue weighted by molar-refractivity contribution is -0.143. The van der Waals surface area contributed by atoms with Crippen LogP contribution < -0.4 is 9.47 Å². The molecule has 0 aliphatic carbocycles. The number of halogens is 3. The van der Waals surface area contributed by atoms with Crippen LogP contribution in [0.15, 0.2) is 36.1 Å². The number of fused-ring (bicyclic) bond motifs is 2. The van der Waals surface area contributed by atoms with Gasteiger partial charge >= 0.3 is 6.18 Å². The van der Waals surface area contributed by atoms with Crippen LogP contribution in [-0.2, 0) is 12.7 Å². The first kappa shape index (κ1) is 20.6. The SMILES string of the molecule is COc1ccc2c(c1)c(/C=C1\Oc3cc(O)cc(O)c3C1=O)c(C(F)(F)F)n2CCO. The smallest absolute Gasteiger partial charge is 0.432 e. The molecule has 0 fully saturated rings. The van der Waals surface area contributed by atoms with Gasteiger partial charge < -0.3 is 29.4 Å². The quantitative estimate of drug-likeness (QED) is 0.541. The summed E-state index contributed by atoms with van der Waals surface area (Å²) in [4.78, 5) is 12.7. The van der Waals surface area contributed by atoms with E-state index in [0.29, 0.717) is 5.75 Å². The number of aliphatic hydroxyl groups is 1. The molecule has 3 N–H and O–H groups in total. The predicted molar refractivity (Wildman–Crippen MR) is 103 cm³/mol. The molecule has 2 heterocycles. The number of rotatable bonds is 4. The molecular weight excluding hydrogens is 419 g/mol. The molecule has 0 saturated carbocycles. The van der Waals surface area contributed by atoms with E-state index in [9.17, 15) is 33.3 Å². The van der Waals surface area contributed by atoms with Gasteiger partial charge in [-0.15, -0.1) is 0 Å². The Balaban J connectivity index is 1.99. The van der Waals surface area contributed by atoms with Crippen LogP contribution in [-0.4, -0.2) is 39.4 Å². The summed E-state index contributed by atoms with van der Waals surface area (Å²) in [5.41, 5.74) is -1.50. The monoisotopic (exact) mass is 435 g/mol. The number of hydrogen-bond donors (Lipinski definition) is 3. The molecule has 0 bridgehead atoms. The number of benzene rings is 2. The third kappa shape index (κ3) is 3.34. The van der Waals surface area contributed by atoms with E-state index in [1.165, 1.54) is 25.3 Å².